The number of nitrogens with zero attached hydrogens (tertiary/aromatic N) is 4. The van der Waals surface area contributed by atoms with Crippen molar-refractivity contribution in [3.8, 4) is 0 Å². The zero-order valence-electron chi connectivity index (χ0n) is 8.42. The van der Waals surface area contributed by atoms with Crippen molar-refractivity contribution in [3.05, 3.63) is 24.3 Å². The fourth-order valence-electron chi connectivity index (χ4n) is 1.17. The van der Waals surface area contributed by atoms with Gasteiger partial charge in [0, 0.05) is 6.20 Å². The molecule has 0 saturated carbocycles. The van der Waals surface area contributed by atoms with Gasteiger partial charge in [-0.25, -0.2) is 9.67 Å². The van der Waals surface area contributed by atoms with Crippen LogP contribution in [0.15, 0.2) is 18.6 Å². The second-order valence-corrected chi connectivity index (χ2v) is 3.16. The second-order valence-electron chi connectivity index (χ2n) is 3.16. The molecule has 2 heterocycles. The quantitative estimate of drug-likeness (QED) is 0.606. The normalized spacial score (nSPS) is 10.2. The molecule has 0 atom stereocenters. The number of hydrogen-bond donors (Lipinski definition) is 3. The van der Waals surface area contributed by atoms with E-state index in [-0.39, 0.29) is 18.4 Å². The maximum atomic E-state index is 11.4. The van der Waals surface area contributed by atoms with E-state index in [1.54, 1.807) is 12.3 Å². The number of hydrogen-bond acceptors (Lipinski definition) is 5. The number of amides is 1. The second kappa shape index (κ2) is 4.43. The summed E-state index contributed by atoms with van der Waals surface area (Å²) in [5.74, 6) is -0.0131. The number of aromatic amines is 1. The summed E-state index contributed by atoms with van der Waals surface area (Å²) < 4.78 is 1.37. The first-order valence-corrected chi connectivity index (χ1v) is 4.64. The van der Waals surface area contributed by atoms with Gasteiger partial charge in [0.1, 0.15) is 12.9 Å². The van der Waals surface area contributed by atoms with Gasteiger partial charge in [-0.15, -0.1) is 5.10 Å². The maximum absolute atomic E-state index is 11.4. The number of carbonyl (C=O) groups is 1. The first-order valence-electron chi connectivity index (χ1n) is 4.64. The third kappa shape index (κ3) is 2.56. The van der Waals surface area contributed by atoms with Crippen molar-refractivity contribution in [1.82, 2.24) is 30.3 Å². The lowest BCUT2D eigenvalue weighted by Crippen LogP contribution is -2.27. The predicted molar refractivity (Wildman–Crippen MR) is 54.9 cm³/mol. The van der Waals surface area contributed by atoms with Crippen molar-refractivity contribution in [2.75, 3.05) is 5.73 Å². The highest BCUT2D eigenvalue weighted by Crippen LogP contribution is 1.92. The fraction of sp³-hybridized carbons (Fsp3) is 0.250. The van der Waals surface area contributed by atoms with Crippen molar-refractivity contribution < 1.29 is 4.79 Å². The van der Waals surface area contributed by atoms with Crippen LogP contribution in [-0.4, -0.2) is 30.9 Å². The lowest BCUT2D eigenvalue weighted by Gasteiger charge is -2.02. The minimum Gasteiger partial charge on any atom is -0.367 e. The molecule has 8 nitrogen and oxygen atoms in total. The molecule has 0 aliphatic carbocycles. The third-order valence-corrected chi connectivity index (χ3v) is 1.89. The van der Waals surface area contributed by atoms with E-state index in [9.17, 15) is 4.79 Å². The molecule has 0 saturated heterocycles. The molecule has 16 heavy (non-hydrogen) atoms. The molecule has 84 valence electrons. The van der Waals surface area contributed by atoms with Crippen molar-refractivity contribution in [3.63, 3.8) is 0 Å². The lowest BCUT2D eigenvalue weighted by atomic mass is 10.4. The number of nitrogen functional groups attached to an aromatic ring is 1. The van der Waals surface area contributed by atoms with Crippen LogP contribution in [-0.2, 0) is 17.9 Å². The molecule has 0 aliphatic heterocycles. The van der Waals surface area contributed by atoms with E-state index in [0.717, 1.165) is 5.69 Å². The van der Waals surface area contributed by atoms with Gasteiger partial charge in [0.15, 0.2) is 0 Å². The van der Waals surface area contributed by atoms with Crippen LogP contribution < -0.4 is 11.1 Å². The molecule has 1 amide bonds. The van der Waals surface area contributed by atoms with Crippen LogP contribution in [0.4, 0.5) is 5.95 Å². The Hall–Kier alpha value is -2.38. The summed E-state index contributed by atoms with van der Waals surface area (Å²) in [4.78, 5) is 15.2. The summed E-state index contributed by atoms with van der Waals surface area (Å²) >= 11 is 0. The van der Waals surface area contributed by atoms with Gasteiger partial charge in [-0.1, -0.05) is 0 Å². The minimum atomic E-state index is -0.167. The van der Waals surface area contributed by atoms with Crippen LogP contribution in [0.2, 0.25) is 0 Å². The van der Waals surface area contributed by atoms with E-state index in [1.165, 1.54) is 11.0 Å². The zero-order valence-corrected chi connectivity index (χ0v) is 8.42. The van der Waals surface area contributed by atoms with Gasteiger partial charge in [-0.3, -0.25) is 9.89 Å². The summed E-state index contributed by atoms with van der Waals surface area (Å²) in [5, 5.41) is 13.0. The molecule has 0 aromatic carbocycles. The van der Waals surface area contributed by atoms with Gasteiger partial charge in [-0.2, -0.15) is 5.10 Å². The largest absolute Gasteiger partial charge is 0.367 e. The number of nitrogens with two attached hydrogens (primary N) is 1. The summed E-state index contributed by atoms with van der Waals surface area (Å²) in [6.07, 6.45) is 3.03. The Morgan fingerprint density at radius 3 is 3.12 bits per heavy atom. The van der Waals surface area contributed by atoms with Gasteiger partial charge in [-0.05, 0) is 6.07 Å². The number of aromatic nitrogens is 5. The minimum absolute atomic E-state index is 0.0956. The number of H-pyrrole nitrogens is 1. The standard InChI is InChI=1S/C8H11N7O/c9-8-11-5-15(14-8)4-7(16)10-3-6-1-2-12-13-6/h1-2,5H,3-4H2,(H2,9,14)(H,10,16)(H,12,13). The lowest BCUT2D eigenvalue weighted by molar-refractivity contribution is -0.122. The maximum Gasteiger partial charge on any atom is 0.242 e. The number of anilines is 1. The van der Waals surface area contributed by atoms with E-state index in [0.29, 0.717) is 6.54 Å². The summed E-state index contributed by atoms with van der Waals surface area (Å²) in [6, 6.07) is 1.79. The first kappa shape index (κ1) is 10.1. The van der Waals surface area contributed by atoms with E-state index in [4.69, 9.17) is 5.73 Å². The van der Waals surface area contributed by atoms with E-state index < -0.39 is 0 Å². The Bertz CT molecular complexity index is 460. The number of nitrogens with one attached hydrogen (secondary N) is 2. The van der Waals surface area contributed by atoms with Gasteiger partial charge < -0.3 is 11.1 Å². The van der Waals surface area contributed by atoms with E-state index in [1.807, 2.05) is 0 Å². The summed E-state index contributed by atoms with van der Waals surface area (Å²) in [6.45, 7) is 0.501. The van der Waals surface area contributed by atoms with E-state index in [2.05, 4.69) is 25.6 Å². The highest BCUT2D eigenvalue weighted by molar-refractivity contribution is 5.75. The molecule has 2 rings (SSSR count). The smallest absolute Gasteiger partial charge is 0.242 e. The Balaban J connectivity index is 1.81. The molecule has 8 heteroatoms. The number of carbonyl (C=O) groups excluding carboxylic acids is 1. The molecule has 2 aromatic rings. The molecule has 0 spiro atoms. The van der Waals surface area contributed by atoms with Crippen molar-refractivity contribution in [2.24, 2.45) is 0 Å². The molecular formula is C8H11N7O. The average molecular weight is 221 g/mol. The van der Waals surface area contributed by atoms with Crippen LogP contribution >= 0.6 is 0 Å². The highest BCUT2D eigenvalue weighted by atomic mass is 16.2. The Kier molecular flexibility index (Phi) is 2.81. The van der Waals surface area contributed by atoms with Gasteiger partial charge in [0.2, 0.25) is 11.9 Å². The van der Waals surface area contributed by atoms with E-state index >= 15 is 0 Å². The van der Waals surface area contributed by atoms with Crippen LogP contribution in [0.1, 0.15) is 5.69 Å². The van der Waals surface area contributed by atoms with Crippen molar-refractivity contribution in [1.29, 1.82) is 0 Å². The molecule has 0 fully saturated rings. The Morgan fingerprint density at radius 2 is 2.50 bits per heavy atom. The van der Waals surface area contributed by atoms with Crippen LogP contribution in [0.3, 0.4) is 0 Å². The van der Waals surface area contributed by atoms with Gasteiger partial charge in [0.25, 0.3) is 0 Å². The number of rotatable bonds is 4. The van der Waals surface area contributed by atoms with Crippen molar-refractivity contribution >= 4 is 11.9 Å². The van der Waals surface area contributed by atoms with Gasteiger partial charge >= 0.3 is 0 Å². The third-order valence-electron chi connectivity index (χ3n) is 1.89. The zero-order chi connectivity index (χ0) is 11.4. The van der Waals surface area contributed by atoms with Crippen LogP contribution in [0, 0.1) is 0 Å². The molecule has 0 unspecified atom stereocenters. The Labute approximate surface area is 90.9 Å². The predicted octanol–water partition coefficient (Wildman–Crippen LogP) is -1.10. The highest BCUT2D eigenvalue weighted by Gasteiger charge is 2.04. The monoisotopic (exact) mass is 221 g/mol. The summed E-state index contributed by atoms with van der Waals surface area (Å²) in [7, 11) is 0. The average Bonchev–Trinajstić information content (AvgIpc) is 2.87. The SMILES string of the molecule is Nc1ncn(CC(=O)NCc2ccn[nH]2)n1. The van der Waals surface area contributed by atoms with Crippen molar-refractivity contribution in [2.45, 2.75) is 13.1 Å². The van der Waals surface area contributed by atoms with Gasteiger partial charge in [0.05, 0.1) is 12.2 Å². The molecule has 0 bridgehead atoms. The fourth-order valence-corrected chi connectivity index (χ4v) is 1.17. The first-order chi connectivity index (χ1) is 7.74. The Morgan fingerprint density at radius 1 is 1.62 bits per heavy atom. The van der Waals surface area contributed by atoms with Crippen LogP contribution in [0.25, 0.3) is 0 Å². The molecule has 0 aliphatic rings. The molecule has 2 aromatic heterocycles. The molecular weight excluding hydrogens is 210 g/mol. The topological polar surface area (TPSA) is 115 Å². The van der Waals surface area contributed by atoms with Crippen LogP contribution in [0.5, 0.6) is 0 Å². The molecule has 0 radical (unpaired) electrons. The molecule has 4 N–H and O–H groups in total. The summed E-state index contributed by atoms with van der Waals surface area (Å²) in [5.41, 5.74) is 6.16.